The van der Waals surface area contributed by atoms with Gasteiger partial charge in [0.25, 0.3) is 11.6 Å². The van der Waals surface area contributed by atoms with E-state index >= 15 is 0 Å². The Morgan fingerprint density at radius 1 is 1.40 bits per heavy atom. The molecular formula is C13H15FN2O4. The number of amides is 1. The van der Waals surface area contributed by atoms with Crippen LogP contribution < -0.4 is 0 Å². The molecule has 2 atom stereocenters. The first-order valence-electron chi connectivity index (χ1n) is 6.27. The van der Waals surface area contributed by atoms with Gasteiger partial charge in [-0.1, -0.05) is 0 Å². The highest BCUT2D eigenvalue weighted by Crippen LogP contribution is 2.20. The van der Waals surface area contributed by atoms with E-state index in [0.29, 0.717) is 13.1 Å². The van der Waals surface area contributed by atoms with Gasteiger partial charge in [0.15, 0.2) is 0 Å². The first-order chi connectivity index (χ1) is 9.38. The van der Waals surface area contributed by atoms with E-state index in [1.54, 1.807) is 0 Å². The van der Waals surface area contributed by atoms with Crippen LogP contribution >= 0.6 is 0 Å². The molecule has 0 N–H and O–H groups in total. The Kier molecular flexibility index (Phi) is 3.99. The number of hydrogen-bond donors (Lipinski definition) is 0. The number of non-ortho nitro benzene ring substituents is 1. The topological polar surface area (TPSA) is 72.7 Å². The Hall–Kier alpha value is -2.02. The molecule has 2 rings (SSSR count). The summed E-state index contributed by atoms with van der Waals surface area (Å²) < 4.78 is 19.2. The lowest BCUT2D eigenvalue weighted by Crippen LogP contribution is -2.48. The van der Waals surface area contributed by atoms with Gasteiger partial charge in [-0.2, -0.15) is 0 Å². The van der Waals surface area contributed by atoms with Crippen LogP contribution in [0.3, 0.4) is 0 Å². The predicted molar refractivity (Wildman–Crippen MR) is 69.0 cm³/mol. The lowest BCUT2D eigenvalue weighted by Gasteiger charge is -2.35. The number of nitro groups is 1. The minimum absolute atomic E-state index is 0.149. The first-order valence-corrected chi connectivity index (χ1v) is 6.27. The number of carbonyl (C=O) groups excluding carboxylic acids is 1. The monoisotopic (exact) mass is 282 g/mol. The van der Waals surface area contributed by atoms with Gasteiger partial charge in [-0.05, 0) is 19.9 Å². The van der Waals surface area contributed by atoms with Crippen LogP contribution in [0.5, 0.6) is 0 Å². The van der Waals surface area contributed by atoms with Gasteiger partial charge in [-0.25, -0.2) is 4.39 Å². The quantitative estimate of drug-likeness (QED) is 0.614. The van der Waals surface area contributed by atoms with Crippen molar-refractivity contribution >= 4 is 11.6 Å². The fourth-order valence-corrected chi connectivity index (χ4v) is 2.30. The van der Waals surface area contributed by atoms with Crippen molar-refractivity contribution in [2.24, 2.45) is 0 Å². The SMILES string of the molecule is CC1CN(C(=O)c2cc([N+](=O)[O-])ccc2F)CC(C)O1. The van der Waals surface area contributed by atoms with Crippen LogP contribution in [0.15, 0.2) is 18.2 Å². The third-order valence-electron chi connectivity index (χ3n) is 3.10. The molecule has 1 aromatic carbocycles. The second-order valence-electron chi connectivity index (χ2n) is 4.89. The Bertz CT molecular complexity index is 539. The van der Waals surface area contributed by atoms with E-state index in [1.165, 1.54) is 4.90 Å². The number of carbonyl (C=O) groups is 1. The summed E-state index contributed by atoms with van der Waals surface area (Å²) in [7, 11) is 0. The number of nitro benzene ring substituents is 1. The molecule has 0 bridgehead atoms. The van der Waals surface area contributed by atoms with E-state index in [-0.39, 0.29) is 23.5 Å². The summed E-state index contributed by atoms with van der Waals surface area (Å²) >= 11 is 0. The zero-order valence-corrected chi connectivity index (χ0v) is 11.2. The fourth-order valence-electron chi connectivity index (χ4n) is 2.30. The summed E-state index contributed by atoms with van der Waals surface area (Å²) in [5.41, 5.74) is -0.579. The van der Waals surface area contributed by atoms with Crippen molar-refractivity contribution in [3.8, 4) is 0 Å². The van der Waals surface area contributed by atoms with Crippen molar-refractivity contribution in [1.29, 1.82) is 0 Å². The predicted octanol–water partition coefficient (Wildman–Crippen LogP) is 1.98. The minimum atomic E-state index is -0.757. The van der Waals surface area contributed by atoms with Crippen LogP contribution in [0.25, 0.3) is 0 Å². The Morgan fingerprint density at radius 3 is 2.55 bits per heavy atom. The molecule has 20 heavy (non-hydrogen) atoms. The van der Waals surface area contributed by atoms with Crippen molar-refractivity contribution in [3.63, 3.8) is 0 Å². The number of ether oxygens (including phenoxy) is 1. The van der Waals surface area contributed by atoms with Crippen LogP contribution in [0.4, 0.5) is 10.1 Å². The molecule has 1 heterocycles. The van der Waals surface area contributed by atoms with E-state index in [1.807, 2.05) is 13.8 Å². The maximum Gasteiger partial charge on any atom is 0.270 e. The second kappa shape index (κ2) is 5.54. The van der Waals surface area contributed by atoms with Gasteiger partial charge in [0.2, 0.25) is 0 Å². The molecule has 0 radical (unpaired) electrons. The van der Waals surface area contributed by atoms with Gasteiger partial charge in [0.05, 0.1) is 22.7 Å². The summed E-state index contributed by atoms with van der Waals surface area (Å²) in [5, 5.41) is 10.7. The van der Waals surface area contributed by atoms with E-state index in [2.05, 4.69) is 0 Å². The Labute approximate surface area is 115 Å². The smallest absolute Gasteiger partial charge is 0.270 e. The summed E-state index contributed by atoms with van der Waals surface area (Å²) in [4.78, 5) is 23.8. The van der Waals surface area contributed by atoms with Gasteiger partial charge in [-0.3, -0.25) is 14.9 Å². The molecule has 2 unspecified atom stereocenters. The zero-order valence-electron chi connectivity index (χ0n) is 11.2. The molecule has 0 saturated carbocycles. The van der Waals surface area contributed by atoms with E-state index in [0.717, 1.165) is 18.2 Å². The first kappa shape index (κ1) is 14.4. The van der Waals surface area contributed by atoms with Gasteiger partial charge in [0, 0.05) is 25.2 Å². The highest BCUT2D eigenvalue weighted by atomic mass is 19.1. The Morgan fingerprint density at radius 2 is 2.00 bits per heavy atom. The van der Waals surface area contributed by atoms with Crippen LogP contribution in [0, 0.1) is 15.9 Å². The van der Waals surface area contributed by atoms with Gasteiger partial charge < -0.3 is 9.64 Å². The molecule has 1 saturated heterocycles. The number of halogens is 1. The summed E-state index contributed by atoms with van der Waals surface area (Å²) in [5.74, 6) is -1.31. The van der Waals surface area contributed by atoms with E-state index < -0.39 is 16.6 Å². The average Bonchev–Trinajstić information content (AvgIpc) is 2.37. The van der Waals surface area contributed by atoms with Crippen molar-refractivity contribution < 1.29 is 18.8 Å². The van der Waals surface area contributed by atoms with E-state index in [4.69, 9.17) is 4.74 Å². The van der Waals surface area contributed by atoms with Gasteiger partial charge in [-0.15, -0.1) is 0 Å². The van der Waals surface area contributed by atoms with E-state index in [9.17, 15) is 19.3 Å². The molecular weight excluding hydrogens is 267 g/mol. The molecule has 1 fully saturated rings. The standard InChI is InChI=1S/C13H15FN2O4/c1-8-6-15(7-9(2)20-8)13(17)11-5-10(16(18)19)3-4-12(11)14/h3-5,8-9H,6-7H2,1-2H3. The number of morpholine rings is 1. The lowest BCUT2D eigenvalue weighted by atomic mass is 10.1. The maximum absolute atomic E-state index is 13.7. The van der Waals surface area contributed by atoms with Crippen molar-refractivity contribution in [2.45, 2.75) is 26.1 Å². The molecule has 6 nitrogen and oxygen atoms in total. The van der Waals surface area contributed by atoms with Crippen LogP contribution in [0.1, 0.15) is 24.2 Å². The second-order valence-corrected chi connectivity index (χ2v) is 4.89. The number of rotatable bonds is 2. The molecule has 0 aliphatic carbocycles. The number of benzene rings is 1. The molecule has 0 spiro atoms. The molecule has 1 aliphatic rings. The van der Waals surface area contributed by atoms with Crippen LogP contribution in [0.2, 0.25) is 0 Å². The lowest BCUT2D eigenvalue weighted by molar-refractivity contribution is -0.384. The maximum atomic E-state index is 13.7. The highest BCUT2D eigenvalue weighted by molar-refractivity contribution is 5.95. The largest absolute Gasteiger partial charge is 0.372 e. The van der Waals surface area contributed by atoms with Crippen LogP contribution in [-0.2, 0) is 4.74 Å². The Balaban J connectivity index is 2.28. The zero-order chi connectivity index (χ0) is 14.9. The molecule has 108 valence electrons. The summed E-state index contributed by atoms with van der Waals surface area (Å²) in [6.07, 6.45) is -0.297. The molecule has 7 heteroatoms. The normalized spacial score (nSPS) is 22.6. The highest BCUT2D eigenvalue weighted by Gasteiger charge is 2.28. The molecule has 1 aliphatic heterocycles. The average molecular weight is 282 g/mol. The minimum Gasteiger partial charge on any atom is -0.372 e. The van der Waals surface area contributed by atoms with Crippen molar-refractivity contribution in [3.05, 3.63) is 39.7 Å². The van der Waals surface area contributed by atoms with Crippen LogP contribution in [-0.4, -0.2) is 41.0 Å². The van der Waals surface area contributed by atoms with Gasteiger partial charge >= 0.3 is 0 Å². The third kappa shape index (κ3) is 2.93. The van der Waals surface area contributed by atoms with Gasteiger partial charge in [0.1, 0.15) is 5.82 Å². The van der Waals surface area contributed by atoms with Crippen molar-refractivity contribution in [2.75, 3.05) is 13.1 Å². The number of hydrogen-bond acceptors (Lipinski definition) is 4. The third-order valence-corrected chi connectivity index (χ3v) is 3.10. The molecule has 0 aromatic heterocycles. The number of nitrogens with zero attached hydrogens (tertiary/aromatic N) is 2. The van der Waals surface area contributed by atoms with Crippen molar-refractivity contribution in [1.82, 2.24) is 4.90 Å². The summed E-state index contributed by atoms with van der Waals surface area (Å²) in [6, 6.07) is 2.96. The molecule has 1 aromatic rings. The fraction of sp³-hybridized carbons (Fsp3) is 0.462. The molecule has 1 amide bonds. The summed E-state index contributed by atoms with van der Waals surface area (Å²) in [6.45, 7) is 4.32.